The van der Waals surface area contributed by atoms with Gasteiger partial charge in [-0.3, -0.25) is 15.0 Å². The van der Waals surface area contributed by atoms with Gasteiger partial charge in [-0.25, -0.2) is 4.98 Å². The number of nitrogens with one attached hydrogen (secondary N) is 2. The second-order valence-corrected chi connectivity index (χ2v) is 7.18. The van der Waals surface area contributed by atoms with Crippen molar-refractivity contribution in [3.63, 3.8) is 0 Å². The molecule has 2 heterocycles. The lowest BCUT2D eigenvalue weighted by molar-refractivity contribution is 0.172. The first-order chi connectivity index (χ1) is 14.3. The average molecular weight is 517 g/mol. The van der Waals surface area contributed by atoms with Gasteiger partial charge in [-0.05, 0) is 17.2 Å². The summed E-state index contributed by atoms with van der Waals surface area (Å²) in [4.78, 5) is 13.6. The van der Waals surface area contributed by atoms with E-state index in [1.54, 1.807) is 0 Å². The third-order valence-electron chi connectivity index (χ3n) is 5.20. The van der Waals surface area contributed by atoms with Gasteiger partial charge in [0.15, 0.2) is 11.8 Å². The van der Waals surface area contributed by atoms with Crippen LogP contribution in [0.2, 0.25) is 0 Å². The first-order valence-corrected chi connectivity index (χ1v) is 9.98. The minimum atomic E-state index is 0. The van der Waals surface area contributed by atoms with Gasteiger partial charge >= 0.3 is 0 Å². The van der Waals surface area contributed by atoms with Crippen LogP contribution in [0.4, 0.5) is 0 Å². The Labute approximate surface area is 194 Å². The lowest BCUT2D eigenvalue weighted by atomic mass is 10.1. The maximum atomic E-state index is 4.49. The zero-order valence-corrected chi connectivity index (χ0v) is 19.5. The first kappa shape index (κ1) is 22.2. The predicted molar refractivity (Wildman–Crippen MR) is 131 cm³/mol. The van der Waals surface area contributed by atoms with Crippen LogP contribution in [0.25, 0.3) is 11.4 Å². The predicted octanol–water partition coefficient (Wildman–Crippen LogP) is 2.98. The Morgan fingerprint density at radius 1 is 1.03 bits per heavy atom. The molecule has 3 aromatic rings. The van der Waals surface area contributed by atoms with Crippen LogP contribution in [-0.4, -0.2) is 64.2 Å². The molecule has 0 atom stereocenters. The number of nitrogens with zero attached hydrogens (tertiary/aromatic N) is 5. The summed E-state index contributed by atoms with van der Waals surface area (Å²) in [5, 5.41) is 10.3. The first-order valence-electron chi connectivity index (χ1n) is 9.98. The normalized spacial score (nSPS) is 15.0. The fraction of sp³-hybridized carbons (Fsp3) is 0.318. The average Bonchev–Trinajstić information content (AvgIpc) is 3.31. The van der Waals surface area contributed by atoms with Crippen LogP contribution in [-0.2, 0) is 13.1 Å². The molecule has 0 amide bonds. The van der Waals surface area contributed by atoms with Crippen LogP contribution >= 0.6 is 24.0 Å². The summed E-state index contributed by atoms with van der Waals surface area (Å²) in [6.45, 7) is 5.76. The summed E-state index contributed by atoms with van der Waals surface area (Å²) in [7, 11) is 1.85. The Morgan fingerprint density at radius 3 is 2.50 bits per heavy atom. The van der Waals surface area contributed by atoms with Crippen molar-refractivity contribution in [1.29, 1.82) is 0 Å². The summed E-state index contributed by atoms with van der Waals surface area (Å²) in [5.41, 5.74) is 3.59. The summed E-state index contributed by atoms with van der Waals surface area (Å²) in [6, 6.07) is 19.0. The van der Waals surface area contributed by atoms with Crippen molar-refractivity contribution >= 4 is 29.9 Å². The van der Waals surface area contributed by atoms with Crippen LogP contribution in [0, 0.1) is 0 Å². The van der Waals surface area contributed by atoms with Crippen molar-refractivity contribution in [2.24, 2.45) is 4.99 Å². The van der Waals surface area contributed by atoms with Gasteiger partial charge in [-0.15, -0.1) is 24.0 Å². The SMILES string of the molecule is CN=C(NCc1cccc(-c2ncn[nH]2)c1)N1CCN(Cc2ccccc2)CC1.I. The lowest BCUT2D eigenvalue weighted by Crippen LogP contribution is -2.52. The molecule has 0 unspecified atom stereocenters. The number of aromatic amines is 1. The van der Waals surface area contributed by atoms with Gasteiger partial charge in [0.1, 0.15) is 6.33 Å². The van der Waals surface area contributed by atoms with E-state index in [1.807, 2.05) is 19.2 Å². The Hall–Kier alpha value is -2.46. The van der Waals surface area contributed by atoms with E-state index in [0.717, 1.165) is 56.6 Å². The highest BCUT2D eigenvalue weighted by Gasteiger charge is 2.19. The number of halogens is 1. The monoisotopic (exact) mass is 517 g/mol. The van der Waals surface area contributed by atoms with Crippen LogP contribution in [0.3, 0.4) is 0 Å². The minimum Gasteiger partial charge on any atom is -0.352 e. The van der Waals surface area contributed by atoms with Crippen LogP contribution < -0.4 is 5.32 Å². The largest absolute Gasteiger partial charge is 0.352 e. The van der Waals surface area contributed by atoms with E-state index in [4.69, 9.17) is 0 Å². The summed E-state index contributed by atoms with van der Waals surface area (Å²) in [5.74, 6) is 1.74. The second kappa shape index (κ2) is 11.1. The van der Waals surface area contributed by atoms with Crippen molar-refractivity contribution in [3.8, 4) is 11.4 Å². The molecule has 1 fully saturated rings. The Bertz CT molecular complexity index is 920. The highest BCUT2D eigenvalue weighted by molar-refractivity contribution is 14.0. The van der Waals surface area contributed by atoms with Gasteiger partial charge in [-0.1, -0.05) is 48.5 Å². The molecule has 1 aliphatic heterocycles. The lowest BCUT2D eigenvalue weighted by Gasteiger charge is -2.36. The number of hydrogen-bond donors (Lipinski definition) is 2. The summed E-state index contributed by atoms with van der Waals surface area (Å²) >= 11 is 0. The van der Waals surface area contributed by atoms with E-state index in [-0.39, 0.29) is 24.0 Å². The topological polar surface area (TPSA) is 72.4 Å². The van der Waals surface area contributed by atoms with E-state index in [1.165, 1.54) is 17.5 Å². The number of guanidine groups is 1. The standard InChI is InChI=1S/C22H27N7.HI/c1-23-22(24-15-19-8-5-9-20(14-19)21-25-17-26-27-21)29-12-10-28(11-13-29)16-18-6-3-2-4-7-18;/h2-9,14,17H,10-13,15-16H2,1H3,(H,23,24)(H,25,26,27);1H. The molecule has 158 valence electrons. The zero-order chi connectivity index (χ0) is 19.9. The molecule has 0 saturated carbocycles. The van der Waals surface area contributed by atoms with Crippen molar-refractivity contribution in [2.75, 3.05) is 33.2 Å². The highest BCUT2D eigenvalue weighted by atomic mass is 127. The van der Waals surface area contributed by atoms with Gasteiger partial charge in [0.05, 0.1) is 0 Å². The minimum absolute atomic E-state index is 0. The van der Waals surface area contributed by atoms with Gasteiger partial charge in [0.2, 0.25) is 0 Å². The molecular weight excluding hydrogens is 489 g/mol. The van der Waals surface area contributed by atoms with E-state index in [0.29, 0.717) is 0 Å². The fourth-order valence-electron chi connectivity index (χ4n) is 3.65. The molecule has 30 heavy (non-hydrogen) atoms. The molecule has 2 aromatic carbocycles. The molecule has 0 spiro atoms. The van der Waals surface area contributed by atoms with Crippen molar-refractivity contribution in [1.82, 2.24) is 30.3 Å². The van der Waals surface area contributed by atoms with Gasteiger partial charge in [0.25, 0.3) is 0 Å². The number of hydrogen-bond acceptors (Lipinski definition) is 4. The molecule has 8 heteroatoms. The molecule has 7 nitrogen and oxygen atoms in total. The summed E-state index contributed by atoms with van der Waals surface area (Å²) < 4.78 is 0. The van der Waals surface area contributed by atoms with Crippen LogP contribution in [0.5, 0.6) is 0 Å². The molecule has 0 aliphatic carbocycles. The Kier molecular flexibility index (Phi) is 8.21. The number of aromatic nitrogens is 3. The molecule has 0 bridgehead atoms. The Morgan fingerprint density at radius 2 is 1.80 bits per heavy atom. The second-order valence-electron chi connectivity index (χ2n) is 7.18. The van der Waals surface area contributed by atoms with E-state index >= 15 is 0 Å². The zero-order valence-electron chi connectivity index (χ0n) is 17.2. The fourth-order valence-corrected chi connectivity index (χ4v) is 3.65. The van der Waals surface area contributed by atoms with Crippen molar-refractivity contribution < 1.29 is 0 Å². The number of benzene rings is 2. The molecule has 1 aliphatic rings. The smallest absolute Gasteiger partial charge is 0.194 e. The molecule has 1 aromatic heterocycles. The number of aliphatic imine (C=N–C) groups is 1. The van der Waals surface area contributed by atoms with Gasteiger partial charge in [0, 0.05) is 51.9 Å². The van der Waals surface area contributed by atoms with Crippen LogP contribution in [0.1, 0.15) is 11.1 Å². The number of rotatable bonds is 5. The molecule has 1 saturated heterocycles. The number of H-pyrrole nitrogens is 1. The van der Waals surface area contributed by atoms with E-state index in [9.17, 15) is 0 Å². The van der Waals surface area contributed by atoms with Gasteiger partial charge < -0.3 is 10.2 Å². The van der Waals surface area contributed by atoms with E-state index < -0.39 is 0 Å². The third-order valence-corrected chi connectivity index (χ3v) is 5.20. The quantitative estimate of drug-likeness (QED) is 0.310. The van der Waals surface area contributed by atoms with Crippen molar-refractivity contribution in [3.05, 3.63) is 72.1 Å². The maximum absolute atomic E-state index is 4.49. The molecular formula is C22H28IN7. The molecule has 4 rings (SSSR count). The highest BCUT2D eigenvalue weighted by Crippen LogP contribution is 2.15. The van der Waals surface area contributed by atoms with Crippen LogP contribution in [0.15, 0.2) is 65.9 Å². The van der Waals surface area contributed by atoms with E-state index in [2.05, 4.69) is 77.8 Å². The molecule has 2 N–H and O–H groups in total. The van der Waals surface area contributed by atoms with Gasteiger partial charge in [-0.2, -0.15) is 5.10 Å². The van der Waals surface area contributed by atoms with Crippen molar-refractivity contribution in [2.45, 2.75) is 13.1 Å². The maximum Gasteiger partial charge on any atom is 0.194 e. The number of piperazine rings is 1. The molecule has 0 radical (unpaired) electrons. The Balaban J connectivity index is 0.00000256. The summed E-state index contributed by atoms with van der Waals surface area (Å²) in [6.07, 6.45) is 1.53. The third kappa shape index (κ3) is 5.79.